The maximum atomic E-state index is 12.2. The Kier molecular flexibility index (Phi) is 15.3. The van der Waals surface area contributed by atoms with Crippen LogP contribution in [0.1, 0.15) is 54.4 Å². The van der Waals surface area contributed by atoms with Gasteiger partial charge in [-0.25, -0.2) is 0 Å². The lowest BCUT2D eigenvalue weighted by Gasteiger charge is -2.26. The highest BCUT2D eigenvalue weighted by Crippen LogP contribution is 2.18. The molecule has 3 unspecified atom stereocenters. The molecule has 1 fully saturated rings. The van der Waals surface area contributed by atoms with Crippen molar-refractivity contribution in [2.24, 2.45) is 17.6 Å². The van der Waals surface area contributed by atoms with E-state index >= 15 is 0 Å². The second-order valence-electron chi connectivity index (χ2n) is 6.60. The molecule has 2 amide bonds. The van der Waals surface area contributed by atoms with Crippen molar-refractivity contribution in [2.45, 2.75) is 66.5 Å². The Morgan fingerprint density at radius 3 is 2.15 bits per heavy atom. The number of nitrogens with one attached hydrogen (secondary N) is 1. The van der Waals surface area contributed by atoms with E-state index in [1.807, 2.05) is 13.8 Å². The number of rotatable bonds is 6. The van der Waals surface area contributed by atoms with Crippen molar-refractivity contribution in [3.05, 3.63) is 12.7 Å². The zero-order chi connectivity index (χ0) is 20.9. The van der Waals surface area contributed by atoms with Crippen LogP contribution in [0.3, 0.4) is 0 Å². The number of hydrogen-bond acceptors (Lipinski definition) is 4. The molecule has 6 nitrogen and oxygen atoms in total. The van der Waals surface area contributed by atoms with Gasteiger partial charge in [-0.3, -0.25) is 14.4 Å². The standard InChI is InChI=1S/C13H21N3O3S.C4H10.C2H6/c1-3-8(2)11(13(19)20)15-12(18)9-5-4-6-16(9)10(17)7-14;1-4(2)3;1-2/h3,8-9,11H,1,4-7,14H2,2H3,(H,15,18)(H,19,20);4H,1-3H3;1-2H3. The maximum Gasteiger partial charge on any atom is 0.243 e. The lowest BCUT2D eigenvalue weighted by molar-refractivity contribution is -0.138. The number of carbonyl (C=O) groups is 3. The predicted octanol–water partition coefficient (Wildman–Crippen LogP) is 2.39. The Morgan fingerprint density at radius 2 is 1.77 bits per heavy atom. The molecule has 7 heteroatoms. The van der Waals surface area contributed by atoms with E-state index in [1.54, 1.807) is 13.0 Å². The molecule has 152 valence electrons. The third kappa shape index (κ3) is 9.97. The van der Waals surface area contributed by atoms with Gasteiger partial charge in [0.05, 0.1) is 6.54 Å². The second kappa shape index (κ2) is 14.8. The Morgan fingerprint density at radius 1 is 1.27 bits per heavy atom. The van der Waals surface area contributed by atoms with Crippen molar-refractivity contribution in [3.8, 4) is 0 Å². The lowest BCUT2D eigenvalue weighted by atomic mass is 10.0. The highest BCUT2D eigenvalue weighted by atomic mass is 32.1. The zero-order valence-corrected chi connectivity index (χ0v) is 18.0. The molecular weight excluding hydrogens is 350 g/mol. The van der Waals surface area contributed by atoms with Gasteiger partial charge in [0.25, 0.3) is 0 Å². The zero-order valence-electron chi connectivity index (χ0n) is 17.1. The third-order valence-corrected chi connectivity index (χ3v) is 3.79. The molecule has 0 saturated carbocycles. The normalized spacial score (nSPS) is 17.9. The summed E-state index contributed by atoms with van der Waals surface area (Å²) in [5, 5.41) is 2.22. The minimum absolute atomic E-state index is 0.123. The number of nitrogens with two attached hydrogens (primary N) is 1. The van der Waals surface area contributed by atoms with Gasteiger partial charge in [-0.2, -0.15) is 0 Å². The molecule has 3 atom stereocenters. The maximum absolute atomic E-state index is 12.2. The molecule has 26 heavy (non-hydrogen) atoms. The van der Waals surface area contributed by atoms with E-state index in [4.69, 9.17) is 5.73 Å². The van der Waals surface area contributed by atoms with Crippen LogP contribution in [0, 0.1) is 11.8 Å². The van der Waals surface area contributed by atoms with Gasteiger partial charge in [-0.15, -0.1) is 19.2 Å². The summed E-state index contributed by atoms with van der Waals surface area (Å²) < 4.78 is 0. The summed E-state index contributed by atoms with van der Waals surface area (Å²) in [5.74, 6) is 0.00239. The number of nitrogens with zero attached hydrogens (tertiary/aromatic N) is 1. The van der Waals surface area contributed by atoms with Crippen LogP contribution in [0.15, 0.2) is 12.7 Å². The van der Waals surface area contributed by atoms with Crippen LogP contribution in [0.4, 0.5) is 0 Å². The fraction of sp³-hybridized carbons (Fsp3) is 0.737. The van der Waals surface area contributed by atoms with Gasteiger partial charge in [0.2, 0.25) is 16.9 Å². The first-order valence-electron chi connectivity index (χ1n) is 9.30. The molecule has 0 aromatic rings. The first-order chi connectivity index (χ1) is 12.1. The van der Waals surface area contributed by atoms with Crippen LogP contribution in [-0.4, -0.2) is 47.0 Å². The molecule has 1 heterocycles. The van der Waals surface area contributed by atoms with Crippen molar-refractivity contribution in [1.82, 2.24) is 10.2 Å². The first kappa shape index (κ1) is 26.9. The Balaban J connectivity index is 0. The Bertz CT molecular complexity index is 453. The molecule has 3 N–H and O–H groups in total. The topological polar surface area (TPSA) is 92.5 Å². The van der Waals surface area contributed by atoms with E-state index in [0.717, 1.165) is 12.3 Å². The van der Waals surface area contributed by atoms with Crippen LogP contribution in [0.5, 0.6) is 0 Å². The summed E-state index contributed by atoms with van der Waals surface area (Å²) in [5.41, 5.74) is 5.33. The number of likely N-dealkylation sites (tertiary alicyclic amines) is 1. The van der Waals surface area contributed by atoms with Gasteiger partial charge in [-0.05, 0) is 18.8 Å². The molecule has 1 aliphatic rings. The average molecular weight is 388 g/mol. The van der Waals surface area contributed by atoms with Crippen molar-refractivity contribution >= 4 is 29.6 Å². The first-order valence-corrected chi connectivity index (χ1v) is 9.75. The molecule has 0 radical (unpaired) electrons. The molecule has 0 spiro atoms. The number of carbonyl (C=O) groups excluding carboxylic acids is 3. The summed E-state index contributed by atoms with van der Waals surface area (Å²) in [6.07, 6.45) is 2.91. The molecule has 1 saturated heterocycles. The van der Waals surface area contributed by atoms with Gasteiger partial charge in [-0.1, -0.05) is 47.6 Å². The van der Waals surface area contributed by atoms with Crippen LogP contribution in [-0.2, 0) is 14.4 Å². The fourth-order valence-corrected chi connectivity index (χ4v) is 2.56. The minimum atomic E-state index is -0.737. The molecule has 1 rings (SSSR count). The third-order valence-electron chi connectivity index (χ3n) is 3.51. The van der Waals surface area contributed by atoms with Gasteiger partial charge < -0.3 is 16.0 Å². The van der Waals surface area contributed by atoms with Crippen LogP contribution in [0.2, 0.25) is 0 Å². The molecule has 0 bridgehead atoms. The summed E-state index contributed by atoms with van der Waals surface area (Å²) in [7, 11) is 0. The van der Waals surface area contributed by atoms with Crippen LogP contribution < -0.4 is 11.1 Å². The average Bonchev–Trinajstić information content (AvgIpc) is 3.09. The molecule has 1 aliphatic heterocycles. The molecular formula is C19H37N3O3S. The summed E-state index contributed by atoms with van der Waals surface area (Å²) in [4.78, 5) is 36.8. The van der Waals surface area contributed by atoms with Crippen molar-refractivity contribution in [3.63, 3.8) is 0 Å². The monoisotopic (exact) mass is 387 g/mol. The van der Waals surface area contributed by atoms with Gasteiger partial charge in [0.1, 0.15) is 12.1 Å². The van der Waals surface area contributed by atoms with E-state index < -0.39 is 17.2 Å². The van der Waals surface area contributed by atoms with Gasteiger partial charge in [0.15, 0.2) is 0 Å². The predicted molar refractivity (Wildman–Crippen MR) is 111 cm³/mol. The van der Waals surface area contributed by atoms with E-state index in [0.29, 0.717) is 13.0 Å². The van der Waals surface area contributed by atoms with E-state index in [1.165, 1.54) is 4.90 Å². The number of thiol groups is 1. The largest absolute Gasteiger partial charge is 0.343 e. The fourth-order valence-electron chi connectivity index (χ4n) is 2.26. The van der Waals surface area contributed by atoms with E-state index in [2.05, 4.69) is 45.3 Å². The van der Waals surface area contributed by atoms with E-state index in [-0.39, 0.29) is 24.3 Å². The van der Waals surface area contributed by atoms with E-state index in [9.17, 15) is 14.4 Å². The highest BCUT2D eigenvalue weighted by molar-refractivity contribution is 7.96. The SMILES string of the molecule is C=CC(C)C(NC(=O)C1CCCN1C(=O)CN)C(=O)S.CC.CC(C)C. The Labute approximate surface area is 164 Å². The van der Waals surface area contributed by atoms with Gasteiger partial charge >= 0.3 is 0 Å². The molecule has 0 aliphatic carbocycles. The minimum Gasteiger partial charge on any atom is -0.343 e. The summed E-state index contributed by atoms with van der Waals surface area (Å²) in [6, 6.07) is -1.29. The van der Waals surface area contributed by atoms with Crippen LogP contribution >= 0.6 is 12.6 Å². The smallest absolute Gasteiger partial charge is 0.243 e. The molecule has 0 aromatic heterocycles. The number of amides is 2. The quantitative estimate of drug-likeness (QED) is 0.482. The van der Waals surface area contributed by atoms with Crippen molar-refractivity contribution < 1.29 is 14.4 Å². The second-order valence-corrected chi connectivity index (χ2v) is 7.04. The highest BCUT2D eigenvalue weighted by Gasteiger charge is 2.35. The summed E-state index contributed by atoms with van der Waals surface area (Å²) in [6.45, 7) is 16.3. The van der Waals surface area contributed by atoms with Crippen molar-refractivity contribution in [2.75, 3.05) is 13.1 Å². The van der Waals surface area contributed by atoms with Crippen molar-refractivity contribution in [1.29, 1.82) is 0 Å². The number of hydrogen-bond donors (Lipinski definition) is 3. The molecule has 0 aromatic carbocycles. The lowest BCUT2D eigenvalue weighted by Crippen LogP contribution is -2.52. The Hall–Kier alpha value is -1.34. The van der Waals surface area contributed by atoms with Crippen LogP contribution in [0.25, 0.3) is 0 Å². The van der Waals surface area contributed by atoms with Gasteiger partial charge in [0, 0.05) is 12.5 Å². The summed E-state index contributed by atoms with van der Waals surface area (Å²) >= 11 is 3.78.